The summed E-state index contributed by atoms with van der Waals surface area (Å²) in [5.74, 6) is 0.531. The van der Waals surface area contributed by atoms with Crippen LogP contribution in [0.1, 0.15) is 25.2 Å². The molecular weight excluding hydrogens is 320 g/mol. The molecule has 0 saturated heterocycles. The maximum absolute atomic E-state index is 13.0. The van der Waals surface area contributed by atoms with Crippen molar-refractivity contribution < 1.29 is 0 Å². The highest BCUT2D eigenvalue weighted by atomic mass is 16.2. The molecule has 0 atom stereocenters. The summed E-state index contributed by atoms with van der Waals surface area (Å²) in [4.78, 5) is 30.1. The number of aryl methyl sites for hydroxylation is 4. The molecule has 3 aromatic rings. The predicted octanol–water partition coefficient (Wildman–Crippen LogP) is 1.30. The Morgan fingerprint density at radius 2 is 1.92 bits per heavy atom. The fraction of sp³-hybridized carbons (Fsp3) is 0.412. The van der Waals surface area contributed by atoms with E-state index >= 15 is 0 Å². The van der Waals surface area contributed by atoms with E-state index in [4.69, 9.17) is 0 Å². The third kappa shape index (κ3) is 2.54. The third-order valence-electron chi connectivity index (χ3n) is 4.16. The Kier molecular flexibility index (Phi) is 3.98. The van der Waals surface area contributed by atoms with Gasteiger partial charge in [-0.15, -0.1) is 0 Å². The largest absolute Gasteiger partial charge is 0.332 e. The Hall–Kier alpha value is -2.90. The van der Waals surface area contributed by atoms with Gasteiger partial charge in [0.1, 0.15) is 0 Å². The van der Waals surface area contributed by atoms with Gasteiger partial charge in [0.15, 0.2) is 11.2 Å². The molecule has 0 unspecified atom stereocenters. The number of hydrogen-bond donors (Lipinski definition) is 0. The van der Waals surface area contributed by atoms with Crippen molar-refractivity contribution in [2.45, 2.75) is 40.8 Å². The molecule has 132 valence electrons. The molecular formula is C17H22N6O2. The normalized spacial score (nSPS) is 11.4. The van der Waals surface area contributed by atoms with Crippen molar-refractivity contribution in [3.8, 4) is 5.95 Å². The molecule has 0 radical (unpaired) electrons. The second-order valence-electron chi connectivity index (χ2n) is 6.36. The van der Waals surface area contributed by atoms with Crippen LogP contribution in [0.3, 0.4) is 0 Å². The second-order valence-corrected chi connectivity index (χ2v) is 6.36. The van der Waals surface area contributed by atoms with Crippen molar-refractivity contribution >= 4 is 11.2 Å². The molecule has 0 amide bonds. The molecule has 0 aliphatic heterocycles. The van der Waals surface area contributed by atoms with Crippen molar-refractivity contribution in [1.29, 1.82) is 0 Å². The van der Waals surface area contributed by atoms with Crippen LogP contribution in [0, 0.1) is 13.8 Å². The topological polar surface area (TPSA) is 79.6 Å². The average Bonchev–Trinajstić information content (AvgIpc) is 3.08. The van der Waals surface area contributed by atoms with Crippen LogP contribution in [0.2, 0.25) is 0 Å². The summed E-state index contributed by atoms with van der Waals surface area (Å²) in [6.07, 6.45) is 0. The van der Waals surface area contributed by atoms with Gasteiger partial charge in [0.05, 0.1) is 12.2 Å². The standard InChI is InChI=1S/C17H22N6O2/c1-7-21-13-14(18-16(21)23-12(5)8-11(4)19-23)20(6)17(25)22(15(13)24)9-10(2)3/h8H,2,7,9H2,1,3-6H3. The lowest BCUT2D eigenvalue weighted by Crippen LogP contribution is -2.39. The number of imidazole rings is 1. The molecule has 0 aromatic carbocycles. The quantitative estimate of drug-likeness (QED) is 0.669. The van der Waals surface area contributed by atoms with Gasteiger partial charge in [-0.25, -0.2) is 9.48 Å². The van der Waals surface area contributed by atoms with Crippen molar-refractivity contribution in [3.63, 3.8) is 0 Å². The van der Waals surface area contributed by atoms with Crippen molar-refractivity contribution in [1.82, 2.24) is 28.5 Å². The van der Waals surface area contributed by atoms with Crippen molar-refractivity contribution in [3.05, 3.63) is 50.4 Å². The van der Waals surface area contributed by atoms with Crippen LogP contribution in [-0.4, -0.2) is 28.5 Å². The summed E-state index contributed by atoms with van der Waals surface area (Å²) in [5.41, 5.74) is 2.51. The summed E-state index contributed by atoms with van der Waals surface area (Å²) in [6, 6.07) is 1.94. The summed E-state index contributed by atoms with van der Waals surface area (Å²) >= 11 is 0. The first-order valence-corrected chi connectivity index (χ1v) is 8.14. The van der Waals surface area contributed by atoms with Crippen LogP contribution in [0.25, 0.3) is 17.1 Å². The number of hydrogen-bond acceptors (Lipinski definition) is 4. The Labute approximate surface area is 144 Å². The summed E-state index contributed by atoms with van der Waals surface area (Å²) in [7, 11) is 1.62. The highest BCUT2D eigenvalue weighted by Crippen LogP contribution is 2.17. The van der Waals surface area contributed by atoms with Gasteiger partial charge in [-0.1, -0.05) is 12.2 Å². The Morgan fingerprint density at radius 3 is 2.44 bits per heavy atom. The maximum atomic E-state index is 13.0. The van der Waals surface area contributed by atoms with Gasteiger partial charge in [-0.2, -0.15) is 10.1 Å². The highest BCUT2D eigenvalue weighted by Gasteiger charge is 2.21. The number of fused-ring (bicyclic) bond motifs is 1. The van der Waals surface area contributed by atoms with E-state index in [0.29, 0.717) is 23.7 Å². The Bertz CT molecular complexity index is 1110. The third-order valence-corrected chi connectivity index (χ3v) is 4.16. The first-order valence-electron chi connectivity index (χ1n) is 8.14. The van der Waals surface area contributed by atoms with Gasteiger partial charge >= 0.3 is 5.69 Å². The van der Waals surface area contributed by atoms with Gasteiger partial charge in [0.25, 0.3) is 5.56 Å². The zero-order valence-electron chi connectivity index (χ0n) is 15.2. The molecule has 0 bridgehead atoms. The molecule has 0 spiro atoms. The summed E-state index contributed by atoms with van der Waals surface area (Å²) in [5, 5.41) is 4.46. The molecule has 0 aliphatic carbocycles. The molecule has 3 heterocycles. The number of aromatic nitrogens is 6. The molecule has 25 heavy (non-hydrogen) atoms. The summed E-state index contributed by atoms with van der Waals surface area (Å²) < 4.78 is 6.10. The summed E-state index contributed by atoms with van der Waals surface area (Å²) in [6.45, 7) is 12.1. The van der Waals surface area contributed by atoms with Crippen LogP contribution in [0.15, 0.2) is 27.8 Å². The first-order chi connectivity index (χ1) is 11.8. The van der Waals surface area contributed by atoms with Gasteiger partial charge in [0.2, 0.25) is 5.95 Å². The first kappa shape index (κ1) is 16.9. The van der Waals surface area contributed by atoms with Crippen LogP contribution in [0.4, 0.5) is 0 Å². The molecule has 8 heteroatoms. The zero-order valence-corrected chi connectivity index (χ0v) is 15.2. The second kappa shape index (κ2) is 5.87. The fourth-order valence-electron chi connectivity index (χ4n) is 3.06. The molecule has 3 rings (SSSR count). The molecule has 0 fully saturated rings. The maximum Gasteiger partial charge on any atom is 0.332 e. The number of allylic oxidation sites excluding steroid dienone is 1. The lowest BCUT2D eigenvalue weighted by molar-refractivity contribution is 0.644. The van der Waals surface area contributed by atoms with Gasteiger partial charge in [0, 0.05) is 19.3 Å². The molecule has 0 N–H and O–H groups in total. The smallest absolute Gasteiger partial charge is 0.303 e. The lowest BCUT2D eigenvalue weighted by Gasteiger charge is -2.09. The van der Waals surface area contributed by atoms with Gasteiger partial charge in [-0.3, -0.25) is 13.9 Å². The monoisotopic (exact) mass is 342 g/mol. The van der Waals surface area contributed by atoms with E-state index in [9.17, 15) is 9.59 Å². The molecule has 0 saturated carbocycles. The van der Waals surface area contributed by atoms with Crippen molar-refractivity contribution in [2.24, 2.45) is 7.05 Å². The van der Waals surface area contributed by atoms with Crippen LogP contribution >= 0.6 is 0 Å². The molecule has 0 aliphatic rings. The molecule has 8 nitrogen and oxygen atoms in total. The minimum Gasteiger partial charge on any atom is -0.303 e. The number of rotatable bonds is 4. The SMILES string of the molecule is C=C(C)Cn1c(=O)c2c(nc(-n3nc(C)cc3C)n2CC)n(C)c1=O. The zero-order chi connectivity index (χ0) is 18.5. The van der Waals surface area contributed by atoms with Crippen LogP contribution in [0.5, 0.6) is 0 Å². The lowest BCUT2D eigenvalue weighted by atomic mass is 10.3. The predicted molar refractivity (Wildman–Crippen MR) is 96.3 cm³/mol. The Balaban J connectivity index is 2.45. The van der Waals surface area contributed by atoms with Crippen LogP contribution in [-0.2, 0) is 20.1 Å². The van der Waals surface area contributed by atoms with Crippen LogP contribution < -0.4 is 11.2 Å². The fourth-order valence-corrected chi connectivity index (χ4v) is 3.06. The van der Waals surface area contributed by atoms with E-state index in [-0.39, 0.29) is 12.1 Å². The van der Waals surface area contributed by atoms with E-state index < -0.39 is 5.69 Å². The van der Waals surface area contributed by atoms with E-state index in [1.807, 2.05) is 26.8 Å². The molecule has 3 aromatic heterocycles. The van der Waals surface area contributed by atoms with Gasteiger partial charge in [-0.05, 0) is 33.8 Å². The minimum absolute atomic E-state index is 0.186. The Morgan fingerprint density at radius 1 is 1.24 bits per heavy atom. The average molecular weight is 342 g/mol. The van der Waals surface area contributed by atoms with E-state index in [0.717, 1.165) is 17.0 Å². The van der Waals surface area contributed by atoms with Crippen molar-refractivity contribution in [2.75, 3.05) is 0 Å². The van der Waals surface area contributed by atoms with E-state index in [1.165, 1.54) is 9.13 Å². The van der Waals surface area contributed by atoms with Gasteiger partial charge < -0.3 is 4.57 Å². The van der Waals surface area contributed by atoms with E-state index in [2.05, 4.69) is 16.7 Å². The highest BCUT2D eigenvalue weighted by molar-refractivity contribution is 5.72. The van der Waals surface area contributed by atoms with E-state index in [1.54, 1.807) is 23.2 Å². The number of nitrogens with zero attached hydrogens (tertiary/aromatic N) is 6. The minimum atomic E-state index is -0.402.